The van der Waals surface area contributed by atoms with Crippen molar-refractivity contribution in [3.63, 3.8) is 0 Å². The zero-order valence-electron chi connectivity index (χ0n) is 22.0. The van der Waals surface area contributed by atoms with Gasteiger partial charge in [0.05, 0.1) is 19.9 Å². The number of carbonyl (C=O) groups excluding carboxylic acids is 2. The molecule has 0 atom stereocenters. The molecule has 4 bridgehead atoms. The molecule has 6 heteroatoms. The molecule has 0 unspecified atom stereocenters. The Kier molecular flexibility index (Phi) is 6.34. The van der Waals surface area contributed by atoms with Crippen LogP contribution in [0.15, 0.2) is 66.7 Å². The van der Waals surface area contributed by atoms with Crippen LogP contribution < -0.4 is 15.4 Å². The van der Waals surface area contributed by atoms with E-state index in [-0.39, 0.29) is 5.91 Å². The summed E-state index contributed by atoms with van der Waals surface area (Å²) in [7, 11) is 2.84. The minimum absolute atomic E-state index is 0.185. The quantitative estimate of drug-likeness (QED) is 0.337. The predicted octanol–water partition coefficient (Wildman–Crippen LogP) is 6.95. The summed E-state index contributed by atoms with van der Waals surface area (Å²) in [5.74, 6) is 2.44. The Hall–Kier alpha value is -3.80. The number of methoxy groups -OCH3 is 2. The van der Waals surface area contributed by atoms with Gasteiger partial charge in [-0.15, -0.1) is 0 Å². The van der Waals surface area contributed by atoms with Crippen molar-refractivity contribution in [3.05, 3.63) is 83.4 Å². The number of hydrogen-bond donors (Lipinski definition) is 2. The van der Waals surface area contributed by atoms with Gasteiger partial charge in [0.25, 0.3) is 5.91 Å². The number of ether oxygens (including phenoxy) is 2. The van der Waals surface area contributed by atoms with E-state index >= 15 is 0 Å². The van der Waals surface area contributed by atoms with Crippen LogP contribution in [0, 0.1) is 17.8 Å². The van der Waals surface area contributed by atoms with E-state index in [0.717, 1.165) is 23.4 Å². The molecule has 196 valence electrons. The highest BCUT2D eigenvalue weighted by Gasteiger charge is 2.51. The molecule has 3 aromatic carbocycles. The zero-order chi connectivity index (χ0) is 26.3. The molecule has 4 aliphatic carbocycles. The number of anilines is 3. The normalized spacial score (nSPS) is 25.1. The Balaban J connectivity index is 1.16. The second kappa shape index (κ2) is 9.82. The SMILES string of the molecule is COC(=O)c1c(Nc2cccc(C(=O)Nc3ccc(C45CC6CC(CC(C6)C4)C5)cc3)c2)cccc1OC. The fourth-order valence-electron chi connectivity index (χ4n) is 7.59. The van der Waals surface area contributed by atoms with Crippen LogP contribution in [-0.2, 0) is 10.2 Å². The Labute approximate surface area is 223 Å². The molecule has 4 fully saturated rings. The molecule has 6 nitrogen and oxygen atoms in total. The van der Waals surface area contributed by atoms with Crippen molar-refractivity contribution in [3.8, 4) is 5.75 Å². The predicted molar refractivity (Wildman–Crippen MR) is 148 cm³/mol. The van der Waals surface area contributed by atoms with Gasteiger partial charge in [-0.3, -0.25) is 4.79 Å². The topological polar surface area (TPSA) is 76.7 Å². The maximum absolute atomic E-state index is 13.1. The minimum atomic E-state index is -0.504. The largest absolute Gasteiger partial charge is 0.496 e. The lowest BCUT2D eigenvalue weighted by Crippen LogP contribution is -2.48. The molecule has 4 saturated carbocycles. The van der Waals surface area contributed by atoms with Crippen molar-refractivity contribution in [2.45, 2.75) is 43.9 Å². The van der Waals surface area contributed by atoms with Gasteiger partial charge in [-0.1, -0.05) is 24.3 Å². The van der Waals surface area contributed by atoms with Crippen molar-refractivity contribution < 1.29 is 19.1 Å². The summed E-state index contributed by atoms with van der Waals surface area (Å²) in [6.45, 7) is 0. The minimum Gasteiger partial charge on any atom is -0.496 e. The van der Waals surface area contributed by atoms with E-state index in [2.05, 4.69) is 22.8 Å². The highest BCUT2D eigenvalue weighted by atomic mass is 16.5. The van der Waals surface area contributed by atoms with Crippen LogP contribution in [-0.4, -0.2) is 26.1 Å². The first kappa shape index (κ1) is 24.5. The number of nitrogens with one attached hydrogen (secondary N) is 2. The van der Waals surface area contributed by atoms with E-state index in [1.54, 1.807) is 30.3 Å². The van der Waals surface area contributed by atoms with E-state index in [1.165, 1.54) is 58.3 Å². The monoisotopic (exact) mass is 510 g/mol. The Morgan fingerprint density at radius 2 is 1.47 bits per heavy atom. The molecule has 0 saturated heterocycles. The van der Waals surface area contributed by atoms with E-state index in [1.807, 2.05) is 24.3 Å². The fourth-order valence-corrected chi connectivity index (χ4v) is 7.59. The number of amides is 1. The van der Waals surface area contributed by atoms with Gasteiger partial charge in [-0.2, -0.15) is 0 Å². The Morgan fingerprint density at radius 3 is 2.11 bits per heavy atom. The van der Waals surface area contributed by atoms with Gasteiger partial charge in [-0.05, 0) is 110 Å². The van der Waals surface area contributed by atoms with Crippen LogP contribution in [0.4, 0.5) is 17.1 Å². The standard InChI is InChI=1S/C32H34N2O4/c1-37-28-8-4-7-27(29(28)31(36)38-2)33-26-6-3-5-23(16-26)30(35)34-25-11-9-24(10-12-25)32-17-20-13-21(18-32)15-22(14-20)19-32/h3-12,16,20-22,33H,13-15,17-19H2,1-2H3,(H,34,35). The van der Waals surface area contributed by atoms with Crippen LogP contribution >= 0.6 is 0 Å². The van der Waals surface area contributed by atoms with Gasteiger partial charge < -0.3 is 20.1 Å². The Bertz CT molecular complexity index is 1330. The highest BCUT2D eigenvalue weighted by molar-refractivity contribution is 6.05. The van der Waals surface area contributed by atoms with Gasteiger partial charge in [0, 0.05) is 16.9 Å². The highest BCUT2D eigenvalue weighted by Crippen LogP contribution is 2.60. The number of esters is 1. The van der Waals surface area contributed by atoms with Crippen LogP contribution in [0.2, 0.25) is 0 Å². The van der Waals surface area contributed by atoms with Gasteiger partial charge in [-0.25, -0.2) is 4.79 Å². The molecular weight excluding hydrogens is 476 g/mol. The summed E-state index contributed by atoms with van der Waals surface area (Å²) in [5.41, 5.74) is 4.61. The molecule has 0 aliphatic heterocycles. The van der Waals surface area contributed by atoms with Gasteiger partial charge in [0.2, 0.25) is 0 Å². The van der Waals surface area contributed by atoms with Crippen LogP contribution in [0.3, 0.4) is 0 Å². The second-order valence-electron chi connectivity index (χ2n) is 11.3. The lowest BCUT2D eigenvalue weighted by molar-refractivity contribution is -0.00518. The number of rotatable bonds is 7. The number of carbonyl (C=O) groups is 2. The lowest BCUT2D eigenvalue weighted by Gasteiger charge is -2.57. The van der Waals surface area contributed by atoms with Gasteiger partial charge in [0.15, 0.2) is 0 Å². The summed E-state index contributed by atoms with van der Waals surface area (Å²) < 4.78 is 10.3. The summed E-state index contributed by atoms with van der Waals surface area (Å²) in [6, 6.07) is 21.0. The number of hydrogen-bond acceptors (Lipinski definition) is 5. The summed E-state index contributed by atoms with van der Waals surface area (Å²) >= 11 is 0. The smallest absolute Gasteiger partial charge is 0.343 e. The first-order valence-corrected chi connectivity index (χ1v) is 13.5. The molecular formula is C32H34N2O4. The van der Waals surface area contributed by atoms with Crippen molar-refractivity contribution in [2.75, 3.05) is 24.9 Å². The first-order valence-electron chi connectivity index (χ1n) is 13.5. The van der Waals surface area contributed by atoms with Gasteiger partial charge in [0.1, 0.15) is 11.3 Å². The molecule has 4 aliphatic rings. The van der Waals surface area contributed by atoms with Crippen molar-refractivity contribution in [2.24, 2.45) is 17.8 Å². The fraction of sp³-hybridized carbons (Fsp3) is 0.375. The van der Waals surface area contributed by atoms with Crippen molar-refractivity contribution in [1.82, 2.24) is 0 Å². The molecule has 1 amide bonds. The molecule has 0 aromatic heterocycles. The summed E-state index contributed by atoms with van der Waals surface area (Å²) in [4.78, 5) is 25.5. The number of benzene rings is 3. The van der Waals surface area contributed by atoms with Crippen LogP contribution in [0.25, 0.3) is 0 Å². The molecule has 7 rings (SSSR count). The molecule has 0 radical (unpaired) electrons. The third-order valence-corrected chi connectivity index (χ3v) is 8.83. The van der Waals surface area contributed by atoms with Crippen LogP contribution in [0.1, 0.15) is 64.8 Å². The molecule has 3 aromatic rings. The van der Waals surface area contributed by atoms with Crippen LogP contribution in [0.5, 0.6) is 5.75 Å². The first-order chi connectivity index (χ1) is 18.5. The second-order valence-corrected chi connectivity index (χ2v) is 11.3. The average Bonchev–Trinajstić information content (AvgIpc) is 2.92. The lowest BCUT2D eigenvalue weighted by atomic mass is 9.48. The van der Waals surface area contributed by atoms with E-state index in [0.29, 0.717) is 33.7 Å². The Morgan fingerprint density at radius 1 is 0.816 bits per heavy atom. The maximum Gasteiger partial charge on any atom is 0.343 e. The molecule has 0 heterocycles. The third-order valence-electron chi connectivity index (χ3n) is 8.83. The van der Waals surface area contributed by atoms with Crippen molar-refractivity contribution in [1.29, 1.82) is 0 Å². The zero-order valence-corrected chi connectivity index (χ0v) is 22.0. The van der Waals surface area contributed by atoms with Crippen molar-refractivity contribution >= 4 is 28.9 Å². The summed E-state index contributed by atoms with van der Waals surface area (Å²) in [6.07, 6.45) is 8.29. The third kappa shape index (κ3) is 4.53. The molecule has 38 heavy (non-hydrogen) atoms. The summed E-state index contributed by atoms with van der Waals surface area (Å²) in [5, 5.41) is 6.28. The molecule has 2 N–H and O–H groups in total. The van der Waals surface area contributed by atoms with E-state index in [9.17, 15) is 9.59 Å². The average molecular weight is 511 g/mol. The molecule has 0 spiro atoms. The van der Waals surface area contributed by atoms with E-state index < -0.39 is 5.97 Å². The maximum atomic E-state index is 13.1. The van der Waals surface area contributed by atoms with Gasteiger partial charge >= 0.3 is 5.97 Å². The van der Waals surface area contributed by atoms with E-state index in [4.69, 9.17) is 9.47 Å².